The fourth-order valence-electron chi connectivity index (χ4n) is 1.12. The van der Waals surface area contributed by atoms with Gasteiger partial charge < -0.3 is 9.51 Å². The second-order valence-electron chi connectivity index (χ2n) is 2.39. The highest BCUT2D eigenvalue weighted by molar-refractivity contribution is 8.93. The summed E-state index contributed by atoms with van der Waals surface area (Å²) in [5.41, 5.74) is 0.701. The van der Waals surface area contributed by atoms with Crippen molar-refractivity contribution in [3.63, 3.8) is 0 Å². The molecule has 0 bridgehead atoms. The zero-order chi connectivity index (χ0) is 8.55. The number of carboxylic acids is 1. The lowest BCUT2D eigenvalue weighted by molar-refractivity contribution is 0.0698. The second kappa shape index (κ2) is 3.57. The van der Waals surface area contributed by atoms with Gasteiger partial charge in [-0.25, -0.2) is 9.78 Å². The topological polar surface area (TPSA) is 54.6 Å². The van der Waals surface area contributed by atoms with Gasteiger partial charge in [0.1, 0.15) is 5.56 Å². The van der Waals surface area contributed by atoms with Gasteiger partial charge in [-0.2, -0.15) is 0 Å². The van der Waals surface area contributed by atoms with Crippen molar-refractivity contribution in [3.8, 4) is 0 Å². The number of pyridine rings is 1. The number of carboxylic acid groups (broad SMARTS) is 1. The minimum atomic E-state index is -0.952. The Labute approximate surface area is 84.6 Å². The lowest BCUT2D eigenvalue weighted by Crippen LogP contribution is -1.99. The molecule has 68 valence electrons. The summed E-state index contributed by atoms with van der Waals surface area (Å²) in [5.74, 6) is -0.952. The molecule has 0 unspecified atom stereocenters. The zero-order valence-electron chi connectivity index (χ0n) is 6.54. The highest BCUT2D eigenvalue weighted by Crippen LogP contribution is 2.07. The molecule has 0 amide bonds. The third kappa shape index (κ3) is 1.55. The van der Waals surface area contributed by atoms with Gasteiger partial charge in [0.2, 0.25) is 0 Å². The molecular weight excluding hydrogens is 236 g/mol. The number of nitrogens with zero attached hydrogens (tertiary/aromatic N) is 2. The summed E-state index contributed by atoms with van der Waals surface area (Å²) < 4.78 is 1.67. The Hall–Kier alpha value is -1.36. The SMILES string of the molecule is Br.O=C(O)c1cccn2ccnc12. The summed E-state index contributed by atoms with van der Waals surface area (Å²) in [5, 5.41) is 8.75. The first-order valence-corrected chi connectivity index (χ1v) is 3.44. The van der Waals surface area contributed by atoms with E-state index in [0.29, 0.717) is 5.65 Å². The predicted octanol–water partition coefficient (Wildman–Crippen LogP) is 1.61. The van der Waals surface area contributed by atoms with E-state index < -0.39 is 5.97 Å². The minimum absolute atomic E-state index is 0. The maximum absolute atomic E-state index is 10.7. The average molecular weight is 243 g/mol. The van der Waals surface area contributed by atoms with Gasteiger partial charge in [-0.05, 0) is 12.1 Å². The number of halogens is 1. The van der Waals surface area contributed by atoms with Crippen LogP contribution in [0.5, 0.6) is 0 Å². The second-order valence-corrected chi connectivity index (χ2v) is 2.39. The molecule has 0 radical (unpaired) electrons. The fraction of sp³-hybridized carbons (Fsp3) is 0. The molecule has 1 N–H and O–H groups in total. The van der Waals surface area contributed by atoms with Crippen LogP contribution >= 0.6 is 17.0 Å². The van der Waals surface area contributed by atoms with Crippen LogP contribution < -0.4 is 0 Å². The maximum Gasteiger partial charge on any atom is 0.339 e. The molecule has 0 saturated heterocycles. The molecule has 0 aliphatic carbocycles. The predicted molar refractivity (Wildman–Crippen MR) is 52.5 cm³/mol. The third-order valence-corrected chi connectivity index (χ3v) is 1.65. The number of hydrogen-bond acceptors (Lipinski definition) is 2. The number of imidazole rings is 1. The van der Waals surface area contributed by atoms with E-state index >= 15 is 0 Å². The monoisotopic (exact) mass is 242 g/mol. The summed E-state index contributed by atoms with van der Waals surface area (Å²) in [7, 11) is 0. The number of aromatic carboxylic acids is 1. The molecule has 2 rings (SSSR count). The Morgan fingerprint density at radius 3 is 2.92 bits per heavy atom. The highest BCUT2D eigenvalue weighted by Gasteiger charge is 2.07. The van der Waals surface area contributed by atoms with E-state index in [9.17, 15) is 4.79 Å². The van der Waals surface area contributed by atoms with E-state index in [0.717, 1.165) is 0 Å². The fourth-order valence-corrected chi connectivity index (χ4v) is 1.12. The van der Waals surface area contributed by atoms with Crippen LogP contribution in [0.2, 0.25) is 0 Å². The summed E-state index contributed by atoms with van der Waals surface area (Å²) in [4.78, 5) is 14.6. The molecule has 2 aromatic rings. The lowest BCUT2D eigenvalue weighted by atomic mass is 10.3. The van der Waals surface area contributed by atoms with Crippen molar-refractivity contribution < 1.29 is 9.90 Å². The molecule has 0 atom stereocenters. The van der Waals surface area contributed by atoms with Crippen molar-refractivity contribution in [2.75, 3.05) is 0 Å². The summed E-state index contributed by atoms with van der Waals surface area (Å²) in [6, 6.07) is 3.21. The van der Waals surface area contributed by atoms with Crippen LogP contribution in [0.25, 0.3) is 5.65 Å². The number of hydrogen-bond donors (Lipinski definition) is 1. The average Bonchev–Trinajstić information content (AvgIpc) is 2.49. The van der Waals surface area contributed by atoms with Crippen LogP contribution in [0.15, 0.2) is 30.7 Å². The van der Waals surface area contributed by atoms with Crippen LogP contribution in [0.3, 0.4) is 0 Å². The summed E-state index contributed by atoms with van der Waals surface area (Å²) in [6.07, 6.45) is 5.04. The summed E-state index contributed by atoms with van der Waals surface area (Å²) >= 11 is 0. The van der Waals surface area contributed by atoms with Crippen molar-refractivity contribution in [3.05, 3.63) is 36.3 Å². The normalized spacial score (nSPS) is 9.54. The van der Waals surface area contributed by atoms with Gasteiger partial charge in [0.05, 0.1) is 0 Å². The Morgan fingerprint density at radius 2 is 2.23 bits per heavy atom. The number of aromatic nitrogens is 2. The van der Waals surface area contributed by atoms with Crippen LogP contribution in [0, 0.1) is 0 Å². The number of fused-ring (bicyclic) bond motifs is 1. The van der Waals surface area contributed by atoms with Crippen LogP contribution in [0.1, 0.15) is 10.4 Å². The van der Waals surface area contributed by atoms with E-state index in [4.69, 9.17) is 5.11 Å². The quantitative estimate of drug-likeness (QED) is 0.827. The Kier molecular flexibility index (Phi) is 2.67. The van der Waals surface area contributed by atoms with Crippen molar-refractivity contribution in [2.24, 2.45) is 0 Å². The molecule has 13 heavy (non-hydrogen) atoms. The van der Waals surface area contributed by atoms with Crippen LogP contribution in [-0.2, 0) is 0 Å². The Morgan fingerprint density at radius 1 is 1.46 bits per heavy atom. The molecule has 0 spiro atoms. The molecule has 2 heterocycles. The molecule has 5 heteroatoms. The van der Waals surface area contributed by atoms with Crippen molar-refractivity contribution in [2.45, 2.75) is 0 Å². The number of carbonyl (C=O) groups is 1. The molecule has 4 nitrogen and oxygen atoms in total. The van der Waals surface area contributed by atoms with Gasteiger partial charge >= 0.3 is 5.97 Å². The van der Waals surface area contributed by atoms with Gasteiger partial charge in [0, 0.05) is 18.6 Å². The van der Waals surface area contributed by atoms with E-state index in [1.807, 2.05) is 0 Å². The molecule has 0 saturated carbocycles. The molecule has 0 aliphatic heterocycles. The van der Waals surface area contributed by atoms with Crippen molar-refractivity contribution >= 4 is 28.6 Å². The smallest absolute Gasteiger partial charge is 0.339 e. The third-order valence-electron chi connectivity index (χ3n) is 1.65. The Balaban J connectivity index is 0.000000845. The molecule has 0 aromatic carbocycles. The lowest BCUT2D eigenvalue weighted by Gasteiger charge is -1.96. The first-order chi connectivity index (χ1) is 5.79. The van der Waals surface area contributed by atoms with Crippen LogP contribution in [0.4, 0.5) is 0 Å². The molecule has 2 aromatic heterocycles. The zero-order valence-corrected chi connectivity index (χ0v) is 8.26. The van der Waals surface area contributed by atoms with Gasteiger partial charge in [-0.3, -0.25) is 0 Å². The van der Waals surface area contributed by atoms with E-state index in [2.05, 4.69) is 4.98 Å². The first-order valence-electron chi connectivity index (χ1n) is 3.44. The largest absolute Gasteiger partial charge is 0.478 e. The maximum atomic E-state index is 10.7. The van der Waals surface area contributed by atoms with Gasteiger partial charge in [-0.1, -0.05) is 0 Å². The van der Waals surface area contributed by atoms with Gasteiger partial charge in [0.15, 0.2) is 5.65 Å². The number of rotatable bonds is 1. The van der Waals surface area contributed by atoms with Crippen LogP contribution in [-0.4, -0.2) is 20.5 Å². The molecular formula is C8H7BrN2O2. The molecule has 0 fully saturated rings. The molecule has 0 aliphatic rings. The van der Waals surface area contributed by atoms with Gasteiger partial charge in [0.25, 0.3) is 0 Å². The van der Waals surface area contributed by atoms with E-state index in [1.54, 1.807) is 29.1 Å². The highest BCUT2D eigenvalue weighted by atomic mass is 79.9. The minimum Gasteiger partial charge on any atom is -0.478 e. The van der Waals surface area contributed by atoms with Crippen molar-refractivity contribution in [1.82, 2.24) is 9.38 Å². The van der Waals surface area contributed by atoms with E-state index in [-0.39, 0.29) is 22.5 Å². The summed E-state index contributed by atoms with van der Waals surface area (Å²) in [6.45, 7) is 0. The van der Waals surface area contributed by atoms with Gasteiger partial charge in [-0.15, -0.1) is 17.0 Å². The van der Waals surface area contributed by atoms with Crippen molar-refractivity contribution in [1.29, 1.82) is 0 Å². The first kappa shape index (κ1) is 9.73. The standard InChI is InChI=1S/C8H6N2O2.BrH/c11-8(12)6-2-1-4-10-5-3-9-7(6)10;/h1-5H,(H,11,12);1H. The van der Waals surface area contributed by atoms with E-state index in [1.165, 1.54) is 6.07 Å². The Bertz CT molecular complexity index is 438.